The molecule has 7 aromatic rings. The van der Waals surface area contributed by atoms with Gasteiger partial charge in [-0.05, 0) is 34.0 Å². The molecular formula is C36H24N4. The van der Waals surface area contributed by atoms with Gasteiger partial charge >= 0.3 is 0 Å². The molecular weight excluding hydrogens is 488 g/mol. The number of rotatable bonds is 5. The Morgan fingerprint density at radius 3 is 1.45 bits per heavy atom. The van der Waals surface area contributed by atoms with Gasteiger partial charge in [-0.3, -0.25) is 4.98 Å². The third kappa shape index (κ3) is 4.52. The maximum Gasteiger partial charge on any atom is 0.164 e. The summed E-state index contributed by atoms with van der Waals surface area (Å²) in [6, 6.07) is 47.4. The molecule has 0 N–H and O–H groups in total. The smallest absolute Gasteiger partial charge is 0.164 e. The Balaban J connectivity index is 1.37. The second-order valence-corrected chi connectivity index (χ2v) is 9.54. The highest BCUT2D eigenvalue weighted by Gasteiger charge is 2.15. The van der Waals surface area contributed by atoms with E-state index in [4.69, 9.17) is 15.0 Å². The third-order valence-corrected chi connectivity index (χ3v) is 7.02. The van der Waals surface area contributed by atoms with Crippen molar-refractivity contribution in [3.63, 3.8) is 0 Å². The molecule has 2 aromatic heterocycles. The van der Waals surface area contributed by atoms with Crippen LogP contribution in [0.3, 0.4) is 0 Å². The molecule has 4 nitrogen and oxygen atoms in total. The normalized spacial score (nSPS) is 11.0. The van der Waals surface area contributed by atoms with Crippen molar-refractivity contribution >= 4 is 10.8 Å². The SMILES string of the molecule is c1ccc(-c2nc(-c3ccccc3)nc(-c3cccc4c(-c5ccc(-c6ccccn6)cc5)cccc34)n2)cc1. The maximum absolute atomic E-state index is 4.97. The van der Waals surface area contributed by atoms with Crippen LogP contribution in [0.25, 0.3) is 67.3 Å². The summed E-state index contributed by atoms with van der Waals surface area (Å²) < 4.78 is 0. The highest BCUT2D eigenvalue weighted by molar-refractivity contribution is 6.03. The average molecular weight is 513 g/mol. The van der Waals surface area contributed by atoms with E-state index in [1.807, 2.05) is 85.1 Å². The third-order valence-electron chi connectivity index (χ3n) is 7.02. The van der Waals surface area contributed by atoms with Crippen LogP contribution in [-0.2, 0) is 0 Å². The van der Waals surface area contributed by atoms with E-state index in [1.54, 1.807) is 0 Å². The van der Waals surface area contributed by atoms with Gasteiger partial charge in [0.1, 0.15) is 0 Å². The summed E-state index contributed by atoms with van der Waals surface area (Å²) in [5, 5.41) is 2.24. The first kappa shape index (κ1) is 23.6. The molecule has 0 spiro atoms. The van der Waals surface area contributed by atoms with Crippen LogP contribution in [0, 0.1) is 0 Å². The Morgan fingerprint density at radius 1 is 0.325 bits per heavy atom. The standard InChI is InChI=1S/C36H24N4/c1-3-11-27(12-4-1)34-38-35(28-13-5-2-6-14-28)40-36(39-34)32-18-10-16-30-29(15-9-17-31(30)32)25-20-22-26(23-21-25)33-19-7-8-24-37-33/h1-24H. The first-order valence-corrected chi connectivity index (χ1v) is 13.2. The summed E-state index contributed by atoms with van der Waals surface area (Å²) in [6.07, 6.45) is 1.82. The van der Waals surface area contributed by atoms with Crippen LogP contribution >= 0.6 is 0 Å². The van der Waals surface area contributed by atoms with Crippen LogP contribution in [0.4, 0.5) is 0 Å². The Kier molecular flexibility index (Phi) is 6.11. The molecule has 0 atom stereocenters. The van der Waals surface area contributed by atoms with Gasteiger partial charge in [0.15, 0.2) is 17.5 Å². The molecule has 0 amide bonds. The zero-order chi connectivity index (χ0) is 26.7. The fourth-order valence-corrected chi connectivity index (χ4v) is 5.04. The van der Waals surface area contributed by atoms with Gasteiger partial charge in [-0.15, -0.1) is 0 Å². The summed E-state index contributed by atoms with van der Waals surface area (Å²) in [6.45, 7) is 0. The van der Waals surface area contributed by atoms with Crippen molar-refractivity contribution in [2.75, 3.05) is 0 Å². The summed E-state index contributed by atoms with van der Waals surface area (Å²) in [4.78, 5) is 19.3. The van der Waals surface area contributed by atoms with Crippen LogP contribution < -0.4 is 0 Å². The molecule has 7 rings (SSSR count). The lowest BCUT2D eigenvalue weighted by Gasteiger charge is -2.13. The number of nitrogens with zero attached hydrogens (tertiary/aromatic N) is 4. The maximum atomic E-state index is 4.97. The molecule has 0 radical (unpaired) electrons. The highest BCUT2D eigenvalue weighted by Crippen LogP contribution is 2.35. The predicted molar refractivity (Wildman–Crippen MR) is 162 cm³/mol. The van der Waals surface area contributed by atoms with Crippen molar-refractivity contribution in [2.24, 2.45) is 0 Å². The van der Waals surface area contributed by atoms with E-state index in [0.717, 1.165) is 49.8 Å². The minimum absolute atomic E-state index is 0.654. The van der Waals surface area contributed by atoms with E-state index in [2.05, 4.69) is 65.6 Å². The number of hydrogen-bond donors (Lipinski definition) is 0. The van der Waals surface area contributed by atoms with E-state index in [1.165, 1.54) is 0 Å². The average Bonchev–Trinajstić information content (AvgIpc) is 3.05. The summed E-state index contributed by atoms with van der Waals surface area (Å²) in [5.41, 5.74) is 7.25. The molecule has 40 heavy (non-hydrogen) atoms. The van der Waals surface area contributed by atoms with Crippen molar-refractivity contribution in [3.8, 4) is 56.5 Å². The number of fused-ring (bicyclic) bond motifs is 1. The number of pyridine rings is 1. The lowest BCUT2D eigenvalue weighted by molar-refractivity contribution is 1.08. The van der Waals surface area contributed by atoms with Gasteiger partial charge in [-0.2, -0.15) is 0 Å². The van der Waals surface area contributed by atoms with Crippen molar-refractivity contribution in [2.45, 2.75) is 0 Å². The molecule has 0 aliphatic carbocycles. The first-order chi connectivity index (χ1) is 19.8. The quantitative estimate of drug-likeness (QED) is 0.231. The van der Waals surface area contributed by atoms with Gasteiger partial charge < -0.3 is 0 Å². The molecule has 0 fully saturated rings. The Labute approximate surface area is 232 Å². The van der Waals surface area contributed by atoms with Gasteiger partial charge in [-0.25, -0.2) is 15.0 Å². The van der Waals surface area contributed by atoms with E-state index < -0.39 is 0 Å². The van der Waals surface area contributed by atoms with Crippen molar-refractivity contribution in [3.05, 3.63) is 146 Å². The topological polar surface area (TPSA) is 51.6 Å². The molecule has 2 heterocycles. The molecule has 5 aromatic carbocycles. The van der Waals surface area contributed by atoms with Crippen LogP contribution in [0.2, 0.25) is 0 Å². The zero-order valence-electron chi connectivity index (χ0n) is 21.6. The van der Waals surface area contributed by atoms with Crippen molar-refractivity contribution < 1.29 is 0 Å². The zero-order valence-corrected chi connectivity index (χ0v) is 21.6. The van der Waals surface area contributed by atoms with E-state index >= 15 is 0 Å². The summed E-state index contributed by atoms with van der Waals surface area (Å²) in [7, 11) is 0. The van der Waals surface area contributed by atoms with E-state index in [-0.39, 0.29) is 0 Å². The van der Waals surface area contributed by atoms with E-state index in [9.17, 15) is 0 Å². The highest BCUT2D eigenvalue weighted by atomic mass is 15.0. The molecule has 4 heteroatoms. The Morgan fingerprint density at radius 2 is 0.850 bits per heavy atom. The minimum atomic E-state index is 0.654. The Hall–Kier alpha value is -5.48. The Bertz CT molecular complexity index is 1860. The monoisotopic (exact) mass is 512 g/mol. The predicted octanol–water partition coefficient (Wildman–Crippen LogP) is 8.75. The second-order valence-electron chi connectivity index (χ2n) is 9.54. The second kappa shape index (κ2) is 10.4. The molecule has 0 unspecified atom stereocenters. The van der Waals surface area contributed by atoms with Crippen molar-refractivity contribution in [1.29, 1.82) is 0 Å². The van der Waals surface area contributed by atoms with Crippen LogP contribution in [-0.4, -0.2) is 19.9 Å². The van der Waals surface area contributed by atoms with Crippen LogP contribution in [0.1, 0.15) is 0 Å². The van der Waals surface area contributed by atoms with Crippen LogP contribution in [0.5, 0.6) is 0 Å². The van der Waals surface area contributed by atoms with Gasteiger partial charge in [0, 0.05) is 28.5 Å². The fraction of sp³-hybridized carbons (Fsp3) is 0. The van der Waals surface area contributed by atoms with Gasteiger partial charge in [0.05, 0.1) is 5.69 Å². The largest absolute Gasteiger partial charge is 0.256 e. The van der Waals surface area contributed by atoms with Crippen LogP contribution in [0.15, 0.2) is 146 Å². The lowest BCUT2D eigenvalue weighted by Crippen LogP contribution is -2.00. The van der Waals surface area contributed by atoms with Crippen molar-refractivity contribution in [1.82, 2.24) is 19.9 Å². The van der Waals surface area contributed by atoms with Gasteiger partial charge in [0.2, 0.25) is 0 Å². The summed E-state index contributed by atoms with van der Waals surface area (Å²) >= 11 is 0. The van der Waals surface area contributed by atoms with E-state index in [0.29, 0.717) is 17.5 Å². The molecule has 0 bridgehead atoms. The molecule has 0 saturated heterocycles. The van der Waals surface area contributed by atoms with Gasteiger partial charge in [-0.1, -0.05) is 127 Å². The molecule has 0 saturated carbocycles. The number of benzene rings is 5. The first-order valence-electron chi connectivity index (χ1n) is 13.2. The fourth-order valence-electron chi connectivity index (χ4n) is 5.04. The van der Waals surface area contributed by atoms with Gasteiger partial charge in [0.25, 0.3) is 0 Å². The summed E-state index contributed by atoms with van der Waals surface area (Å²) in [5.74, 6) is 1.96. The number of hydrogen-bond acceptors (Lipinski definition) is 4. The molecule has 188 valence electrons. The minimum Gasteiger partial charge on any atom is -0.256 e. The lowest BCUT2D eigenvalue weighted by atomic mass is 9.94. The molecule has 0 aliphatic rings. The number of aromatic nitrogens is 4. The molecule has 0 aliphatic heterocycles.